The van der Waals surface area contributed by atoms with E-state index < -0.39 is 38.1 Å². The van der Waals surface area contributed by atoms with Gasteiger partial charge in [0.2, 0.25) is 0 Å². The van der Waals surface area contributed by atoms with Gasteiger partial charge in [0.1, 0.15) is 11.6 Å². The number of carboxylic acid groups (broad SMARTS) is 1. The predicted molar refractivity (Wildman–Crippen MR) is 78.3 cm³/mol. The van der Waals surface area contributed by atoms with E-state index in [1.54, 1.807) is 0 Å². The van der Waals surface area contributed by atoms with Gasteiger partial charge in [-0.25, -0.2) is 22.0 Å². The highest BCUT2D eigenvalue weighted by Gasteiger charge is 2.20. The minimum Gasteiger partial charge on any atom is -0.478 e. The zero-order valence-corrected chi connectivity index (χ0v) is 13.1. The molecule has 0 aliphatic rings. The van der Waals surface area contributed by atoms with Gasteiger partial charge < -0.3 is 5.11 Å². The molecule has 0 aliphatic heterocycles. The summed E-state index contributed by atoms with van der Waals surface area (Å²) in [5, 5.41) is 8.80. The van der Waals surface area contributed by atoms with Gasteiger partial charge in [-0.15, -0.1) is 0 Å². The molecule has 22 heavy (non-hydrogen) atoms. The number of carbonyl (C=O) groups is 1. The molecule has 0 saturated carbocycles. The molecule has 2 aromatic carbocycles. The van der Waals surface area contributed by atoms with Gasteiger partial charge in [0.05, 0.1) is 16.1 Å². The Labute approximate surface area is 132 Å². The summed E-state index contributed by atoms with van der Waals surface area (Å²) in [5.41, 5.74) is -1.11. The van der Waals surface area contributed by atoms with Crippen molar-refractivity contribution in [1.82, 2.24) is 0 Å². The lowest BCUT2D eigenvalue weighted by Crippen LogP contribution is -2.15. The van der Waals surface area contributed by atoms with Gasteiger partial charge in [0, 0.05) is 4.47 Å². The standard InChI is InChI=1S/C13H8BrF2NO4S/c14-7-1-4-12(11(16)5-7)17-22(20,21)8-2-3-10(15)9(6-8)13(18)19/h1-6,17H,(H,18,19). The summed E-state index contributed by atoms with van der Waals surface area (Å²) in [7, 11) is -4.26. The van der Waals surface area contributed by atoms with Crippen LogP contribution in [-0.4, -0.2) is 19.5 Å². The lowest BCUT2D eigenvalue weighted by Gasteiger charge is -2.10. The molecule has 2 rings (SSSR count). The number of hydrogen-bond donors (Lipinski definition) is 2. The number of halogens is 3. The highest BCUT2D eigenvalue weighted by Crippen LogP contribution is 2.23. The Morgan fingerprint density at radius 3 is 2.36 bits per heavy atom. The molecule has 116 valence electrons. The molecular weight excluding hydrogens is 384 g/mol. The summed E-state index contributed by atoms with van der Waals surface area (Å²) in [6.45, 7) is 0. The first kappa shape index (κ1) is 16.4. The van der Waals surface area contributed by atoms with E-state index in [4.69, 9.17) is 5.11 Å². The molecule has 0 radical (unpaired) electrons. The van der Waals surface area contributed by atoms with Gasteiger partial charge in [-0.2, -0.15) is 0 Å². The van der Waals surface area contributed by atoms with Gasteiger partial charge in [0.15, 0.2) is 0 Å². The van der Waals surface area contributed by atoms with Crippen LogP contribution in [0.1, 0.15) is 10.4 Å². The van der Waals surface area contributed by atoms with Crippen molar-refractivity contribution >= 4 is 37.6 Å². The maximum absolute atomic E-state index is 13.7. The molecule has 0 aromatic heterocycles. The van der Waals surface area contributed by atoms with E-state index in [1.807, 2.05) is 4.72 Å². The van der Waals surface area contributed by atoms with E-state index >= 15 is 0 Å². The normalized spacial score (nSPS) is 11.2. The molecule has 5 nitrogen and oxygen atoms in total. The number of nitrogens with one attached hydrogen (secondary N) is 1. The lowest BCUT2D eigenvalue weighted by atomic mass is 10.2. The Kier molecular flexibility index (Phi) is 4.47. The fourth-order valence-electron chi connectivity index (χ4n) is 1.61. The Balaban J connectivity index is 2.42. The fraction of sp³-hybridized carbons (Fsp3) is 0. The maximum atomic E-state index is 13.7. The molecule has 2 aromatic rings. The Morgan fingerprint density at radius 1 is 1.09 bits per heavy atom. The molecule has 0 unspecified atom stereocenters. The molecule has 0 amide bonds. The van der Waals surface area contributed by atoms with Crippen molar-refractivity contribution in [3.05, 3.63) is 58.1 Å². The van der Waals surface area contributed by atoms with E-state index in [0.717, 1.165) is 18.2 Å². The Morgan fingerprint density at radius 2 is 1.77 bits per heavy atom. The Bertz CT molecular complexity index is 855. The zero-order valence-electron chi connectivity index (χ0n) is 10.7. The molecule has 2 N–H and O–H groups in total. The molecule has 0 saturated heterocycles. The molecular formula is C13H8BrF2NO4S. The van der Waals surface area contributed by atoms with Crippen LogP contribution >= 0.6 is 15.9 Å². The number of sulfonamides is 1. The van der Waals surface area contributed by atoms with Crippen LogP contribution in [0.15, 0.2) is 45.8 Å². The van der Waals surface area contributed by atoms with Crippen LogP contribution in [0.4, 0.5) is 14.5 Å². The first-order valence-electron chi connectivity index (χ1n) is 5.71. The number of carboxylic acids is 1. The molecule has 0 atom stereocenters. The number of anilines is 1. The third kappa shape index (κ3) is 3.42. The minimum absolute atomic E-state index is 0.315. The molecule has 0 spiro atoms. The fourth-order valence-corrected chi connectivity index (χ4v) is 3.04. The third-order valence-corrected chi connectivity index (χ3v) is 4.51. The molecule has 0 aliphatic carbocycles. The van der Waals surface area contributed by atoms with Crippen molar-refractivity contribution in [3.8, 4) is 0 Å². The first-order valence-corrected chi connectivity index (χ1v) is 7.99. The quantitative estimate of drug-likeness (QED) is 0.837. The van der Waals surface area contributed by atoms with Crippen LogP contribution in [-0.2, 0) is 10.0 Å². The summed E-state index contributed by atoms with van der Waals surface area (Å²) < 4.78 is 53.6. The van der Waals surface area contributed by atoms with E-state index in [9.17, 15) is 22.0 Å². The van der Waals surface area contributed by atoms with Crippen molar-refractivity contribution in [2.45, 2.75) is 4.90 Å². The van der Waals surface area contributed by atoms with E-state index in [2.05, 4.69) is 15.9 Å². The second-order valence-corrected chi connectivity index (χ2v) is 6.77. The van der Waals surface area contributed by atoms with E-state index in [0.29, 0.717) is 10.5 Å². The largest absolute Gasteiger partial charge is 0.478 e. The van der Waals surface area contributed by atoms with Gasteiger partial charge in [0.25, 0.3) is 10.0 Å². The van der Waals surface area contributed by atoms with Crippen molar-refractivity contribution < 1.29 is 27.1 Å². The summed E-state index contributed by atoms with van der Waals surface area (Å²) in [4.78, 5) is 10.3. The lowest BCUT2D eigenvalue weighted by molar-refractivity contribution is 0.0691. The molecule has 0 fully saturated rings. The van der Waals surface area contributed by atoms with Crippen LogP contribution in [0.25, 0.3) is 0 Å². The Hall–Kier alpha value is -2.00. The first-order chi connectivity index (χ1) is 10.2. The number of rotatable bonds is 4. The second-order valence-electron chi connectivity index (χ2n) is 4.18. The average molecular weight is 392 g/mol. The van der Waals surface area contributed by atoms with Crippen LogP contribution in [0.5, 0.6) is 0 Å². The summed E-state index contributed by atoms with van der Waals surface area (Å²) in [5.74, 6) is -3.50. The van der Waals surface area contributed by atoms with Gasteiger partial charge in [-0.1, -0.05) is 15.9 Å². The number of hydrogen-bond acceptors (Lipinski definition) is 3. The van der Waals surface area contributed by atoms with Gasteiger partial charge >= 0.3 is 5.97 Å². The van der Waals surface area contributed by atoms with Crippen molar-refractivity contribution in [3.63, 3.8) is 0 Å². The zero-order chi connectivity index (χ0) is 16.5. The predicted octanol–water partition coefficient (Wildman–Crippen LogP) is 3.23. The van der Waals surface area contributed by atoms with Gasteiger partial charge in [-0.05, 0) is 36.4 Å². The molecule has 0 bridgehead atoms. The third-order valence-electron chi connectivity index (χ3n) is 2.65. The van der Waals surface area contributed by atoms with E-state index in [1.165, 1.54) is 12.1 Å². The topological polar surface area (TPSA) is 83.5 Å². The minimum atomic E-state index is -4.26. The smallest absolute Gasteiger partial charge is 0.338 e. The summed E-state index contributed by atoms with van der Waals surface area (Å²) in [6, 6.07) is 5.95. The highest BCUT2D eigenvalue weighted by atomic mass is 79.9. The molecule has 9 heteroatoms. The SMILES string of the molecule is O=C(O)c1cc(S(=O)(=O)Nc2ccc(Br)cc2F)ccc1F. The van der Waals surface area contributed by atoms with Crippen molar-refractivity contribution in [2.24, 2.45) is 0 Å². The maximum Gasteiger partial charge on any atom is 0.338 e. The van der Waals surface area contributed by atoms with Crippen LogP contribution in [0, 0.1) is 11.6 Å². The summed E-state index contributed by atoms with van der Waals surface area (Å²) >= 11 is 3.03. The summed E-state index contributed by atoms with van der Waals surface area (Å²) in [6.07, 6.45) is 0. The number of aromatic carboxylic acids is 1. The average Bonchev–Trinajstić information content (AvgIpc) is 2.42. The van der Waals surface area contributed by atoms with Gasteiger partial charge in [-0.3, -0.25) is 4.72 Å². The highest BCUT2D eigenvalue weighted by molar-refractivity contribution is 9.10. The van der Waals surface area contributed by atoms with Crippen LogP contribution in [0.2, 0.25) is 0 Å². The van der Waals surface area contributed by atoms with Crippen molar-refractivity contribution in [1.29, 1.82) is 0 Å². The van der Waals surface area contributed by atoms with Crippen LogP contribution < -0.4 is 4.72 Å². The van der Waals surface area contributed by atoms with Crippen molar-refractivity contribution in [2.75, 3.05) is 4.72 Å². The molecule has 0 heterocycles. The number of benzene rings is 2. The van der Waals surface area contributed by atoms with E-state index in [-0.39, 0.29) is 5.69 Å². The second kappa shape index (κ2) is 6.01. The van der Waals surface area contributed by atoms with Crippen LogP contribution in [0.3, 0.4) is 0 Å². The monoisotopic (exact) mass is 391 g/mol.